The highest BCUT2D eigenvalue weighted by molar-refractivity contribution is 5.37. The maximum Gasteiger partial charge on any atom is 0.119 e. The van der Waals surface area contributed by atoms with Crippen LogP contribution in [0.5, 0.6) is 5.75 Å². The highest BCUT2D eigenvalue weighted by atomic mass is 16.5. The van der Waals surface area contributed by atoms with Gasteiger partial charge in [0.2, 0.25) is 0 Å². The Morgan fingerprint density at radius 1 is 1.28 bits per heavy atom. The number of hydrogen-bond donors (Lipinski definition) is 1. The van der Waals surface area contributed by atoms with Gasteiger partial charge in [-0.1, -0.05) is 6.07 Å². The van der Waals surface area contributed by atoms with Crippen molar-refractivity contribution >= 4 is 0 Å². The van der Waals surface area contributed by atoms with Gasteiger partial charge in [0.1, 0.15) is 11.9 Å². The van der Waals surface area contributed by atoms with Gasteiger partial charge in [0.15, 0.2) is 0 Å². The largest absolute Gasteiger partial charge is 0.497 e. The first-order valence-electron chi connectivity index (χ1n) is 9.23. The van der Waals surface area contributed by atoms with E-state index in [-0.39, 0.29) is 6.10 Å². The molecule has 4 rings (SSSR count). The molecule has 1 aliphatic carbocycles. The zero-order valence-electron chi connectivity index (χ0n) is 15.1. The number of nitrogens with one attached hydrogen (secondary N) is 1. The smallest absolute Gasteiger partial charge is 0.119 e. The average molecular weight is 341 g/mol. The second-order valence-electron chi connectivity index (χ2n) is 7.20. The first kappa shape index (κ1) is 16.6. The second-order valence-corrected chi connectivity index (χ2v) is 7.20. The molecule has 5 heteroatoms. The summed E-state index contributed by atoms with van der Waals surface area (Å²) >= 11 is 0. The molecule has 25 heavy (non-hydrogen) atoms. The van der Waals surface area contributed by atoms with Crippen LogP contribution in [0.3, 0.4) is 0 Å². The summed E-state index contributed by atoms with van der Waals surface area (Å²) in [5, 5.41) is 8.09. The van der Waals surface area contributed by atoms with E-state index in [2.05, 4.69) is 34.7 Å². The lowest BCUT2D eigenvalue weighted by Crippen LogP contribution is -2.38. The van der Waals surface area contributed by atoms with Crippen LogP contribution in [0.2, 0.25) is 0 Å². The molecule has 1 aromatic heterocycles. The molecule has 1 aromatic carbocycles. The van der Waals surface area contributed by atoms with Gasteiger partial charge in [-0.2, -0.15) is 5.10 Å². The van der Waals surface area contributed by atoms with Crippen LogP contribution in [0.4, 0.5) is 0 Å². The predicted octanol–water partition coefficient (Wildman–Crippen LogP) is 2.65. The number of benzene rings is 1. The molecule has 1 saturated heterocycles. The third-order valence-electron chi connectivity index (χ3n) is 5.68. The van der Waals surface area contributed by atoms with E-state index >= 15 is 0 Å². The molecule has 0 bridgehead atoms. The van der Waals surface area contributed by atoms with Crippen molar-refractivity contribution in [1.29, 1.82) is 0 Å². The molecule has 3 atom stereocenters. The van der Waals surface area contributed by atoms with Gasteiger partial charge in [-0.25, -0.2) is 0 Å². The van der Waals surface area contributed by atoms with Crippen LogP contribution in [-0.2, 0) is 24.6 Å². The molecule has 0 radical (unpaired) electrons. The Morgan fingerprint density at radius 2 is 2.20 bits per heavy atom. The molecular formula is C20H27N3O2. The minimum absolute atomic E-state index is 0.163. The van der Waals surface area contributed by atoms with Crippen molar-refractivity contribution in [2.75, 3.05) is 20.3 Å². The molecule has 2 heterocycles. The summed E-state index contributed by atoms with van der Waals surface area (Å²) in [5.41, 5.74) is 4.08. The monoisotopic (exact) mass is 341 g/mol. The molecule has 1 aliphatic heterocycles. The molecule has 134 valence electrons. The molecule has 1 N–H and O–H groups in total. The van der Waals surface area contributed by atoms with E-state index in [1.165, 1.54) is 23.2 Å². The summed E-state index contributed by atoms with van der Waals surface area (Å²) in [4.78, 5) is 0. The first-order valence-corrected chi connectivity index (χ1v) is 9.23. The standard InChI is InChI=1S/C20H27N3O2/c1-23-19(7-9-22-23)20-15(8-10-25-20)13-21-17-5-3-14-4-6-18(24-2)12-16(14)11-17/h4,6-7,9,12,15,17,20-21H,3,5,8,10-11,13H2,1-2H3/t15-,17?,20+/m0/s1. The van der Waals surface area contributed by atoms with E-state index in [0.717, 1.165) is 38.2 Å². The Hall–Kier alpha value is -1.85. The predicted molar refractivity (Wildman–Crippen MR) is 96.8 cm³/mol. The molecule has 0 saturated carbocycles. The van der Waals surface area contributed by atoms with Crippen molar-refractivity contribution in [2.24, 2.45) is 13.0 Å². The van der Waals surface area contributed by atoms with Crippen molar-refractivity contribution in [3.63, 3.8) is 0 Å². The van der Waals surface area contributed by atoms with Crippen LogP contribution in [0.25, 0.3) is 0 Å². The first-order chi connectivity index (χ1) is 12.2. The molecule has 1 fully saturated rings. The minimum atomic E-state index is 0.163. The number of hydrogen-bond acceptors (Lipinski definition) is 4. The van der Waals surface area contributed by atoms with Crippen molar-refractivity contribution in [3.8, 4) is 5.75 Å². The van der Waals surface area contributed by atoms with E-state index in [4.69, 9.17) is 9.47 Å². The van der Waals surface area contributed by atoms with E-state index in [9.17, 15) is 0 Å². The van der Waals surface area contributed by atoms with Crippen molar-refractivity contribution in [1.82, 2.24) is 15.1 Å². The van der Waals surface area contributed by atoms with E-state index in [0.29, 0.717) is 12.0 Å². The number of nitrogens with zero attached hydrogens (tertiary/aromatic N) is 2. The van der Waals surface area contributed by atoms with Gasteiger partial charge in [0.05, 0.1) is 12.8 Å². The maximum atomic E-state index is 6.00. The molecule has 2 aromatic rings. The average Bonchev–Trinajstić information content (AvgIpc) is 3.27. The van der Waals surface area contributed by atoms with Crippen LogP contribution in [-0.4, -0.2) is 36.1 Å². The Kier molecular flexibility index (Phi) is 4.77. The van der Waals surface area contributed by atoms with Crippen LogP contribution in [0, 0.1) is 5.92 Å². The normalized spacial score (nSPS) is 25.8. The molecule has 0 amide bonds. The lowest BCUT2D eigenvalue weighted by Gasteiger charge is -2.28. The van der Waals surface area contributed by atoms with Gasteiger partial charge >= 0.3 is 0 Å². The zero-order chi connectivity index (χ0) is 17.2. The molecule has 5 nitrogen and oxygen atoms in total. The number of rotatable bonds is 5. The highest BCUT2D eigenvalue weighted by Crippen LogP contribution is 2.34. The van der Waals surface area contributed by atoms with E-state index in [1.54, 1.807) is 7.11 Å². The topological polar surface area (TPSA) is 48.3 Å². The summed E-state index contributed by atoms with van der Waals surface area (Å²) in [6.07, 6.45) is 6.55. The van der Waals surface area contributed by atoms with Crippen LogP contribution < -0.4 is 10.1 Å². The third-order valence-corrected chi connectivity index (χ3v) is 5.68. The molecular weight excluding hydrogens is 314 g/mol. The van der Waals surface area contributed by atoms with Gasteiger partial charge in [-0.15, -0.1) is 0 Å². The number of fused-ring (bicyclic) bond motifs is 1. The summed E-state index contributed by atoms with van der Waals surface area (Å²) < 4.78 is 13.3. The number of aryl methyl sites for hydroxylation is 2. The third kappa shape index (κ3) is 3.44. The Bertz CT molecular complexity index is 727. The Morgan fingerprint density at radius 3 is 3.00 bits per heavy atom. The fraction of sp³-hybridized carbons (Fsp3) is 0.550. The highest BCUT2D eigenvalue weighted by Gasteiger charge is 2.32. The number of ether oxygens (including phenoxy) is 2. The fourth-order valence-corrected chi connectivity index (χ4v) is 4.19. The van der Waals surface area contributed by atoms with Crippen LogP contribution >= 0.6 is 0 Å². The molecule has 2 aliphatic rings. The van der Waals surface area contributed by atoms with Gasteiger partial charge in [-0.05, 0) is 55.0 Å². The van der Waals surface area contributed by atoms with Crippen molar-refractivity contribution in [2.45, 2.75) is 37.8 Å². The van der Waals surface area contributed by atoms with Crippen molar-refractivity contribution in [3.05, 3.63) is 47.3 Å². The van der Waals surface area contributed by atoms with Crippen molar-refractivity contribution < 1.29 is 9.47 Å². The van der Waals surface area contributed by atoms with Gasteiger partial charge in [0.25, 0.3) is 0 Å². The van der Waals surface area contributed by atoms with E-state index in [1.807, 2.05) is 17.9 Å². The SMILES string of the molecule is COc1ccc2c(c1)CC(NC[C@@H]1CCO[C@H]1c1ccnn1C)CC2. The Labute approximate surface area is 149 Å². The summed E-state index contributed by atoms with van der Waals surface area (Å²) in [5.74, 6) is 1.47. The summed E-state index contributed by atoms with van der Waals surface area (Å²) in [7, 11) is 3.73. The Balaban J connectivity index is 1.37. The maximum absolute atomic E-state index is 6.00. The van der Waals surface area contributed by atoms with Gasteiger partial charge in [-0.3, -0.25) is 4.68 Å². The lowest BCUT2D eigenvalue weighted by atomic mass is 9.87. The van der Waals surface area contributed by atoms with Crippen LogP contribution in [0.1, 0.15) is 35.8 Å². The molecule has 1 unspecified atom stereocenters. The number of methoxy groups -OCH3 is 1. The van der Waals surface area contributed by atoms with Gasteiger partial charge in [0, 0.05) is 38.4 Å². The minimum Gasteiger partial charge on any atom is -0.497 e. The fourth-order valence-electron chi connectivity index (χ4n) is 4.19. The second kappa shape index (κ2) is 7.18. The zero-order valence-corrected chi connectivity index (χ0v) is 15.1. The quantitative estimate of drug-likeness (QED) is 0.908. The lowest BCUT2D eigenvalue weighted by molar-refractivity contribution is 0.0830. The number of aromatic nitrogens is 2. The van der Waals surface area contributed by atoms with Gasteiger partial charge < -0.3 is 14.8 Å². The summed E-state index contributed by atoms with van der Waals surface area (Å²) in [6, 6.07) is 9.09. The van der Waals surface area contributed by atoms with E-state index < -0.39 is 0 Å². The molecule has 0 spiro atoms. The van der Waals surface area contributed by atoms with Crippen LogP contribution in [0.15, 0.2) is 30.5 Å². The summed E-state index contributed by atoms with van der Waals surface area (Å²) in [6.45, 7) is 1.84.